The summed E-state index contributed by atoms with van der Waals surface area (Å²) >= 11 is 0. The van der Waals surface area contributed by atoms with Gasteiger partial charge in [0.05, 0.1) is 17.5 Å². The van der Waals surface area contributed by atoms with E-state index in [1.54, 1.807) is 0 Å². The van der Waals surface area contributed by atoms with Crippen molar-refractivity contribution >= 4 is 17.1 Å². The SMILES string of the molecule is CCC1CCOC(Cc2nc3cc(-c4cn5cc(C(C)C)ccc5n4)ccn3c2N)C1. The van der Waals surface area contributed by atoms with Gasteiger partial charge in [0.15, 0.2) is 0 Å². The lowest BCUT2D eigenvalue weighted by atomic mass is 9.91. The molecule has 0 aromatic carbocycles. The number of nitrogens with two attached hydrogens (primary N) is 1. The first-order valence-electron chi connectivity index (χ1n) is 11.4. The second kappa shape index (κ2) is 8.00. The molecule has 5 heterocycles. The molecule has 0 aliphatic carbocycles. The smallest absolute Gasteiger partial charge is 0.139 e. The van der Waals surface area contributed by atoms with Gasteiger partial charge in [0.2, 0.25) is 0 Å². The van der Waals surface area contributed by atoms with Crippen LogP contribution >= 0.6 is 0 Å². The van der Waals surface area contributed by atoms with Crippen LogP contribution in [0.3, 0.4) is 0 Å². The molecule has 5 rings (SSSR count). The van der Waals surface area contributed by atoms with E-state index in [9.17, 15) is 0 Å². The van der Waals surface area contributed by atoms with Gasteiger partial charge in [-0.15, -0.1) is 0 Å². The fourth-order valence-electron chi connectivity index (χ4n) is 4.60. The van der Waals surface area contributed by atoms with Gasteiger partial charge in [-0.25, -0.2) is 9.97 Å². The summed E-state index contributed by atoms with van der Waals surface area (Å²) in [5, 5.41) is 0. The lowest BCUT2D eigenvalue weighted by molar-refractivity contribution is -0.00907. The van der Waals surface area contributed by atoms with Crippen molar-refractivity contribution in [3.05, 3.63) is 54.1 Å². The number of anilines is 1. The predicted molar refractivity (Wildman–Crippen MR) is 124 cm³/mol. The molecule has 0 amide bonds. The third-order valence-corrected chi connectivity index (χ3v) is 6.65. The van der Waals surface area contributed by atoms with Crippen molar-refractivity contribution in [2.75, 3.05) is 12.3 Å². The highest BCUT2D eigenvalue weighted by Crippen LogP contribution is 2.28. The first-order valence-corrected chi connectivity index (χ1v) is 11.4. The Balaban J connectivity index is 1.44. The van der Waals surface area contributed by atoms with Crippen molar-refractivity contribution in [3.8, 4) is 11.3 Å². The van der Waals surface area contributed by atoms with E-state index in [0.717, 1.165) is 60.0 Å². The van der Waals surface area contributed by atoms with Crippen LogP contribution in [0.1, 0.15) is 57.2 Å². The molecule has 6 nitrogen and oxygen atoms in total. The molecule has 1 aliphatic heterocycles. The summed E-state index contributed by atoms with van der Waals surface area (Å²) in [6.45, 7) is 7.51. The molecule has 6 heteroatoms. The number of fused-ring (bicyclic) bond motifs is 2. The van der Waals surface area contributed by atoms with Gasteiger partial charge < -0.3 is 14.9 Å². The number of aromatic nitrogens is 4. The third kappa shape index (κ3) is 3.81. The molecule has 1 aliphatic rings. The molecule has 1 saturated heterocycles. The number of rotatable bonds is 5. The minimum absolute atomic E-state index is 0.207. The Morgan fingerprint density at radius 2 is 2.03 bits per heavy atom. The van der Waals surface area contributed by atoms with Gasteiger partial charge in [-0.2, -0.15) is 0 Å². The van der Waals surface area contributed by atoms with Gasteiger partial charge in [-0.1, -0.05) is 33.3 Å². The molecule has 2 N–H and O–H groups in total. The Kier molecular flexibility index (Phi) is 5.18. The fraction of sp³-hybridized carbons (Fsp3) is 0.440. The topological polar surface area (TPSA) is 69.8 Å². The molecule has 31 heavy (non-hydrogen) atoms. The minimum atomic E-state index is 0.207. The average Bonchev–Trinajstić information content (AvgIpc) is 3.34. The molecule has 4 aromatic heterocycles. The van der Waals surface area contributed by atoms with Crippen LogP contribution in [0.4, 0.5) is 5.82 Å². The summed E-state index contributed by atoms with van der Waals surface area (Å²) in [6, 6.07) is 8.36. The number of ether oxygens (including phenoxy) is 1. The van der Waals surface area contributed by atoms with E-state index in [2.05, 4.69) is 61.8 Å². The van der Waals surface area contributed by atoms with E-state index in [4.69, 9.17) is 20.4 Å². The lowest BCUT2D eigenvalue weighted by Crippen LogP contribution is -2.27. The molecule has 0 spiro atoms. The summed E-state index contributed by atoms with van der Waals surface area (Å²) in [6.07, 6.45) is 10.7. The van der Waals surface area contributed by atoms with Crippen LogP contribution in [0.5, 0.6) is 0 Å². The summed E-state index contributed by atoms with van der Waals surface area (Å²) < 4.78 is 10.1. The normalized spacial score (nSPS) is 19.6. The summed E-state index contributed by atoms with van der Waals surface area (Å²) in [5.74, 6) is 1.94. The zero-order valence-corrected chi connectivity index (χ0v) is 18.6. The van der Waals surface area contributed by atoms with Crippen LogP contribution < -0.4 is 5.73 Å². The monoisotopic (exact) mass is 417 g/mol. The zero-order valence-electron chi connectivity index (χ0n) is 18.6. The number of hydrogen-bond donors (Lipinski definition) is 1. The quantitative estimate of drug-likeness (QED) is 0.490. The van der Waals surface area contributed by atoms with Gasteiger partial charge in [0.1, 0.15) is 17.1 Å². The number of nitrogens with zero attached hydrogens (tertiary/aromatic N) is 4. The van der Waals surface area contributed by atoms with Crippen molar-refractivity contribution in [3.63, 3.8) is 0 Å². The summed E-state index contributed by atoms with van der Waals surface area (Å²) in [5.41, 5.74) is 12.4. The van der Waals surface area contributed by atoms with Crippen LogP contribution in [0.2, 0.25) is 0 Å². The highest BCUT2D eigenvalue weighted by atomic mass is 16.5. The Morgan fingerprint density at radius 3 is 2.84 bits per heavy atom. The Morgan fingerprint density at radius 1 is 1.16 bits per heavy atom. The molecule has 0 radical (unpaired) electrons. The van der Waals surface area contributed by atoms with Crippen molar-refractivity contribution in [2.45, 2.75) is 58.5 Å². The van der Waals surface area contributed by atoms with Gasteiger partial charge in [-0.05, 0) is 48.4 Å². The Bertz CT molecular complexity index is 1220. The van der Waals surface area contributed by atoms with Crippen molar-refractivity contribution in [1.82, 2.24) is 18.8 Å². The molecule has 162 valence electrons. The number of imidazole rings is 2. The van der Waals surface area contributed by atoms with Gasteiger partial charge in [-0.3, -0.25) is 4.40 Å². The molecule has 4 aromatic rings. The van der Waals surface area contributed by atoms with Crippen molar-refractivity contribution in [2.24, 2.45) is 5.92 Å². The zero-order chi connectivity index (χ0) is 21.5. The standard InChI is InChI=1S/C25H31N5O/c1-4-17-8-10-31-20(11-17)13-21-25(26)30-9-7-18(12-24(30)27-21)22-15-29-14-19(16(2)3)5-6-23(29)28-22/h5-7,9,12,14-17,20H,4,8,10-11,13,26H2,1-3H3. The fourth-order valence-corrected chi connectivity index (χ4v) is 4.60. The van der Waals surface area contributed by atoms with Crippen molar-refractivity contribution in [1.29, 1.82) is 0 Å². The van der Waals surface area contributed by atoms with E-state index in [1.165, 1.54) is 12.0 Å². The van der Waals surface area contributed by atoms with Gasteiger partial charge >= 0.3 is 0 Å². The predicted octanol–water partition coefficient (Wildman–Crippen LogP) is 5.10. The molecular weight excluding hydrogens is 386 g/mol. The molecular formula is C25H31N5O. The van der Waals surface area contributed by atoms with Crippen molar-refractivity contribution < 1.29 is 4.74 Å². The van der Waals surface area contributed by atoms with E-state index in [-0.39, 0.29) is 6.10 Å². The van der Waals surface area contributed by atoms with Crippen LogP contribution in [0, 0.1) is 5.92 Å². The second-order valence-corrected chi connectivity index (χ2v) is 9.09. The minimum Gasteiger partial charge on any atom is -0.383 e. The van der Waals surface area contributed by atoms with Crippen LogP contribution in [-0.4, -0.2) is 31.5 Å². The third-order valence-electron chi connectivity index (χ3n) is 6.65. The summed E-state index contributed by atoms with van der Waals surface area (Å²) in [4.78, 5) is 9.66. The largest absolute Gasteiger partial charge is 0.383 e. The van der Waals surface area contributed by atoms with Crippen LogP contribution in [0.15, 0.2) is 42.9 Å². The van der Waals surface area contributed by atoms with E-state index < -0.39 is 0 Å². The van der Waals surface area contributed by atoms with Gasteiger partial charge in [0, 0.05) is 37.2 Å². The summed E-state index contributed by atoms with van der Waals surface area (Å²) in [7, 11) is 0. The molecule has 2 unspecified atom stereocenters. The number of nitrogen functional groups attached to an aromatic ring is 1. The molecule has 1 fully saturated rings. The van der Waals surface area contributed by atoms with E-state index in [0.29, 0.717) is 11.7 Å². The Hall–Kier alpha value is -2.86. The second-order valence-electron chi connectivity index (χ2n) is 9.09. The highest BCUT2D eigenvalue weighted by molar-refractivity contribution is 5.68. The molecule has 0 saturated carbocycles. The maximum Gasteiger partial charge on any atom is 0.139 e. The highest BCUT2D eigenvalue weighted by Gasteiger charge is 2.24. The number of hydrogen-bond acceptors (Lipinski definition) is 4. The molecule has 2 atom stereocenters. The maximum atomic E-state index is 6.44. The first kappa shape index (κ1) is 20.1. The first-order chi connectivity index (χ1) is 15.0. The van der Waals surface area contributed by atoms with Crippen LogP contribution in [-0.2, 0) is 11.2 Å². The van der Waals surface area contributed by atoms with E-state index in [1.807, 2.05) is 10.6 Å². The lowest BCUT2D eigenvalue weighted by Gasteiger charge is -2.28. The van der Waals surface area contributed by atoms with Gasteiger partial charge in [0.25, 0.3) is 0 Å². The van der Waals surface area contributed by atoms with E-state index >= 15 is 0 Å². The average molecular weight is 418 g/mol. The molecule has 0 bridgehead atoms. The maximum absolute atomic E-state index is 6.44. The van der Waals surface area contributed by atoms with Crippen LogP contribution in [0.25, 0.3) is 22.6 Å². The Labute approximate surface area is 183 Å². The number of pyridine rings is 2.